The first-order chi connectivity index (χ1) is 9.75. The van der Waals surface area contributed by atoms with Crippen LogP contribution in [0.15, 0.2) is 24.3 Å². The van der Waals surface area contributed by atoms with Crippen molar-refractivity contribution in [2.24, 2.45) is 0 Å². The highest BCUT2D eigenvalue weighted by molar-refractivity contribution is 8.15. The standard InChI is InChI=1S/C15H23N2OPS/c1-18-14-6-8-15(9-7-14)19(20,16-10-2-3-11-16)17-12-4-5-13-17/h6-9H,2-5,10-13H2,1H3. The molecular formula is C15H23N2OPS. The number of hydrogen-bond acceptors (Lipinski definition) is 2. The minimum absolute atomic E-state index is 0.915. The van der Waals surface area contributed by atoms with Crippen molar-refractivity contribution in [1.82, 2.24) is 9.34 Å². The Morgan fingerprint density at radius 2 is 1.35 bits per heavy atom. The van der Waals surface area contributed by atoms with Crippen LogP contribution in [0.25, 0.3) is 0 Å². The Bertz CT molecular complexity index is 473. The van der Waals surface area contributed by atoms with Crippen LogP contribution in [0, 0.1) is 0 Å². The van der Waals surface area contributed by atoms with Gasteiger partial charge in [0.15, 0.2) is 0 Å². The van der Waals surface area contributed by atoms with E-state index < -0.39 is 6.34 Å². The molecule has 0 spiro atoms. The molecule has 2 heterocycles. The van der Waals surface area contributed by atoms with Crippen molar-refractivity contribution in [2.45, 2.75) is 25.7 Å². The van der Waals surface area contributed by atoms with Gasteiger partial charge in [0.05, 0.1) is 7.11 Å². The zero-order valence-electron chi connectivity index (χ0n) is 12.1. The summed E-state index contributed by atoms with van der Waals surface area (Å²) in [7, 11) is 1.71. The van der Waals surface area contributed by atoms with Crippen LogP contribution in [-0.2, 0) is 11.8 Å². The van der Waals surface area contributed by atoms with E-state index >= 15 is 0 Å². The molecule has 1 aromatic carbocycles. The lowest BCUT2D eigenvalue weighted by Crippen LogP contribution is -2.34. The molecule has 3 rings (SSSR count). The monoisotopic (exact) mass is 310 g/mol. The molecule has 0 amide bonds. The Morgan fingerprint density at radius 1 is 0.900 bits per heavy atom. The molecule has 0 saturated carbocycles. The number of hydrogen-bond donors (Lipinski definition) is 0. The van der Waals surface area contributed by atoms with Gasteiger partial charge in [-0.05, 0) is 49.9 Å². The van der Waals surface area contributed by atoms with Gasteiger partial charge < -0.3 is 4.74 Å². The van der Waals surface area contributed by atoms with E-state index in [1.807, 2.05) is 0 Å². The van der Waals surface area contributed by atoms with Crippen LogP contribution >= 0.6 is 6.34 Å². The maximum Gasteiger partial charge on any atom is 0.118 e. The summed E-state index contributed by atoms with van der Waals surface area (Å²) in [5.74, 6) is 0.915. The van der Waals surface area contributed by atoms with Gasteiger partial charge in [0, 0.05) is 31.5 Å². The molecule has 0 aromatic heterocycles. The summed E-state index contributed by atoms with van der Waals surface area (Å²) >= 11 is 6.29. The van der Waals surface area contributed by atoms with E-state index in [1.165, 1.54) is 57.2 Å². The van der Waals surface area contributed by atoms with Gasteiger partial charge in [-0.25, -0.2) is 0 Å². The molecule has 2 fully saturated rings. The Labute approximate surface area is 127 Å². The van der Waals surface area contributed by atoms with Crippen molar-refractivity contribution in [3.63, 3.8) is 0 Å². The van der Waals surface area contributed by atoms with Gasteiger partial charge in [-0.1, -0.05) is 11.8 Å². The summed E-state index contributed by atoms with van der Waals surface area (Å²) in [4.78, 5) is 0. The number of rotatable bonds is 4. The van der Waals surface area contributed by atoms with Gasteiger partial charge in [-0.15, -0.1) is 0 Å². The lowest BCUT2D eigenvalue weighted by Gasteiger charge is -2.39. The topological polar surface area (TPSA) is 15.7 Å². The first-order valence-corrected chi connectivity index (χ1v) is 10.2. The second-order valence-electron chi connectivity index (χ2n) is 5.56. The second-order valence-corrected chi connectivity index (χ2v) is 9.83. The molecule has 2 aliphatic heterocycles. The molecule has 0 aliphatic carbocycles. The van der Waals surface area contributed by atoms with Crippen LogP contribution in [0.3, 0.4) is 0 Å². The number of nitrogens with zero attached hydrogens (tertiary/aromatic N) is 2. The Balaban J connectivity index is 1.96. The van der Waals surface area contributed by atoms with Gasteiger partial charge in [0.25, 0.3) is 0 Å². The molecule has 2 saturated heterocycles. The molecule has 0 unspecified atom stereocenters. The summed E-state index contributed by atoms with van der Waals surface area (Å²) < 4.78 is 10.5. The lowest BCUT2D eigenvalue weighted by molar-refractivity contribution is 0.415. The normalized spacial score (nSPS) is 21.4. The molecule has 20 heavy (non-hydrogen) atoms. The zero-order valence-corrected chi connectivity index (χ0v) is 13.8. The van der Waals surface area contributed by atoms with Crippen molar-refractivity contribution in [1.29, 1.82) is 0 Å². The van der Waals surface area contributed by atoms with Gasteiger partial charge in [-0.3, -0.25) is 9.34 Å². The van der Waals surface area contributed by atoms with E-state index in [1.54, 1.807) is 7.11 Å². The van der Waals surface area contributed by atoms with Crippen molar-refractivity contribution in [3.8, 4) is 5.75 Å². The zero-order chi connectivity index (χ0) is 14.0. The molecule has 0 radical (unpaired) electrons. The predicted octanol–water partition coefficient (Wildman–Crippen LogP) is 2.82. The molecule has 3 nitrogen and oxygen atoms in total. The highest BCUT2D eigenvalue weighted by Crippen LogP contribution is 2.55. The van der Waals surface area contributed by atoms with Crippen LogP contribution in [0.2, 0.25) is 0 Å². The Hall–Kier alpha value is -0.410. The van der Waals surface area contributed by atoms with E-state index in [9.17, 15) is 0 Å². The third-order valence-electron chi connectivity index (χ3n) is 4.34. The fraction of sp³-hybridized carbons (Fsp3) is 0.600. The van der Waals surface area contributed by atoms with E-state index in [2.05, 4.69) is 33.6 Å². The van der Waals surface area contributed by atoms with Crippen LogP contribution in [0.5, 0.6) is 5.75 Å². The Kier molecular flexibility index (Phi) is 4.46. The summed E-state index contributed by atoms with van der Waals surface area (Å²) in [5, 5.41) is 1.33. The van der Waals surface area contributed by atoms with Crippen LogP contribution < -0.4 is 10.0 Å². The maximum atomic E-state index is 6.29. The first kappa shape index (κ1) is 14.5. The third-order valence-corrected chi connectivity index (χ3v) is 9.66. The fourth-order valence-corrected chi connectivity index (χ4v) is 7.77. The Morgan fingerprint density at radius 3 is 1.75 bits per heavy atom. The molecule has 0 atom stereocenters. The smallest absolute Gasteiger partial charge is 0.118 e. The first-order valence-electron chi connectivity index (χ1n) is 7.50. The summed E-state index contributed by atoms with van der Waals surface area (Å²) in [6, 6.07) is 8.50. The minimum Gasteiger partial charge on any atom is -0.497 e. The van der Waals surface area contributed by atoms with Crippen molar-refractivity contribution in [2.75, 3.05) is 33.3 Å². The third kappa shape index (κ3) is 2.55. The predicted molar refractivity (Wildman–Crippen MR) is 88.5 cm³/mol. The summed E-state index contributed by atoms with van der Waals surface area (Å²) in [5.41, 5.74) is 0. The van der Waals surface area contributed by atoms with E-state index in [0.29, 0.717) is 0 Å². The highest BCUT2D eigenvalue weighted by atomic mass is 32.4. The van der Waals surface area contributed by atoms with Crippen molar-refractivity contribution < 1.29 is 4.74 Å². The quantitative estimate of drug-likeness (QED) is 0.794. The van der Waals surface area contributed by atoms with Crippen LogP contribution in [-0.4, -0.2) is 42.6 Å². The molecule has 1 aromatic rings. The highest BCUT2D eigenvalue weighted by Gasteiger charge is 2.36. The van der Waals surface area contributed by atoms with E-state index in [4.69, 9.17) is 16.5 Å². The van der Waals surface area contributed by atoms with Gasteiger partial charge in [0.1, 0.15) is 12.1 Å². The average molecular weight is 310 g/mol. The number of ether oxygens (including phenoxy) is 1. The SMILES string of the molecule is COc1ccc(P(=S)(N2CCCC2)N2CCCC2)cc1. The van der Waals surface area contributed by atoms with Crippen molar-refractivity contribution >= 4 is 23.5 Å². The number of benzene rings is 1. The molecule has 0 bridgehead atoms. The van der Waals surface area contributed by atoms with Gasteiger partial charge in [-0.2, -0.15) is 0 Å². The fourth-order valence-electron chi connectivity index (χ4n) is 3.22. The lowest BCUT2D eigenvalue weighted by atomic mass is 10.3. The maximum absolute atomic E-state index is 6.29. The largest absolute Gasteiger partial charge is 0.497 e. The average Bonchev–Trinajstić information content (AvgIpc) is 3.19. The van der Waals surface area contributed by atoms with E-state index in [-0.39, 0.29) is 0 Å². The second kappa shape index (κ2) is 6.15. The van der Waals surface area contributed by atoms with Crippen LogP contribution in [0.4, 0.5) is 0 Å². The van der Waals surface area contributed by atoms with Gasteiger partial charge in [0.2, 0.25) is 0 Å². The molecule has 110 valence electrons. The molecular weight excluding hydrogens is 287 g/mol. The van der Waals surface area contributed by atoms with Gasteiger partial charge >= 0.3 is 0 Å². The molecule has 2 aliphatic rings. The van der Waals surface area contributed by atoms with Crippen LogP contribution in [0.1, 0.15) is 25.7 Å². The number of methoxy groups -OCH3 is 1. The van der Waals surface area contributed by atoms with Crippen molar-refractivity contribution in [3.05, 3.63) is 24.3 Å². The summed E-state index contributed by atoms with van der Waals surface area (Å²) in [6.07, 6.45) is 3.42. The molecule has 5 heteroatoms. The minimum atomic E-state index is -1.75. The van der Waals surface area contributed by atoms with E-state index in [0.717, 1.165) is 5.75 Å². The summed E-state index contributed by atoms with van der Waals surface area (Å²) in [6.45, 7) is 4.67. The molecule has 0 N–H and O–H groups in total.